The summed E-state index contributed by atoms with van der Waals surface area (Å²) in [6, 6.07) is 0. The number of hydrogen-bond acceptors (Lipinski definition) is 0. The Kier molecular flexibility index (Phi) is 6.22. The van der Waals surface area contributed by atoms with Crippen LogP contribution in [0.15, 0.2) is 0 Å². The van der Waals surface area contributed by atoms with Crippen LogP contribution in [0.1, 0.15) is 13.8 Å². The van der Waals surface area contributed by atoms with Gasteiger partial charge in [-0.1, -0.05) is 26.5 Å². The monoisotopic (exact) mass is 149 g/mol. The molecule has 0 amide bonds. The van der Waals surface area contributed by atoms with Crippen molar-refractivity contribution in [3.63, 3.8) is 0 Å². The van der Waals surface area contributed by atoms with Crippen molar-refractivity contribution in [3.05, 3.63) is 0 Å². The van der Waals surface area contributed by atoms with E-state index in [0.29, 0.717) is 19.0 Å². The lowest BCUT2D eigenvalue weighted by Crippen LogP contribution is -2.41. The Morgan fingerprint density at radius 2 is 1.83 bits per heavy atom. The first-order valence-corrected chi connectivity index (χ1v) is 4.55. The summed E-state index contributed by atoms with van der Waals surface area (Å²) in [6.07, 6.45) is 0.748. The first kappa shape index (κ1) is 12.5. The van der Waals surface area contributed by atoms with E-state index in [0.717, 1.165) is 6.22 Å². The van der Waals surface area contributed by atoms with Crippen LogP contribution >= 0.6 is 0 Å². The van der Waals surface area contributed by atoms with Crippen molar-refractivity contribution in [1.29, 1.82) is 0 Å². The zero-order valence-electron chi connectivity index (χ0n) is 8.33. The summed E-state index contributed by atoms with van der Waals surface area (Å²) in [5.41, 5.74) is 0. The van der Waals surface area contributed by atoms with E-state index in [1.54, 1.807) is 7.06 Å². The molecule has 7 heteroatoms. The van der Waals surface area contributed by atoms with Gasteiger partial charge in [0.1, 0.15) is 0 Å². The summed E-state index contributed by atoms with van der Waals surface area (Å²) in [7, 11) is 18.4. The maximum atomic E-state index is 5.56. The molecule has 0 N–H and O–H groups in total. The summed E-state index contributed by atoms with van der Waals surface area (Å²) in [5.74, 6) is 0.566. The number of hydrogen-bond donors (Lipinski definition) is 0. The fourth-order valence-corrected chi connectivity index (χ4v) is 1.16. The molecule has 0 bridgehead atoms. The van der Waals surface area contributed by atoms with Crippen LogP contribution in [0.3, 0.4) is 0 Å². The highest BCUT2D eigenvalue weighted by Gasteiger charge is 2.21. The molecule has 0 aromatic carbocycles. The molecule has 0 heterocycles. The molecule has 0 atom stereocenters. The average Bonchev–Trinajstić information content (AvgIpc) is 1.98. The Morgan fingerprint density at radius 1 is 1.33 bits per heavy atom. The second-order valence-electron chi connectivity index (χ2n) is 3.89. The molecule has 0 unspecified atom stereocenters. The lowest BCUT2D eigenvalue weighted by molar-refractivity contribution is 1.05. The van der Waals surface area contributed by atoms with Gasteiger partial charge in [-0.3, -0.25) is 0 Å². The van der Waals surface area contributed by atoms with Crippen LogP contribution in [0.2, 0.25) is 18.9 Å². The minimum Gasteiger partial charge on any atom is -0.109 e. The zero-order valence-corrected chi connectivity index (χ0v) is 8.33. The Bertz CT molecular complexity index is 114. The van der Waals surface area contributed by atoms with Gasteiger partial charge in [-0.2, -0.15) is 0 Å². The van der Waals surface area contributed by atoms with Crippen molar-refractivity contribution in [2.75, 3.05) is 0 Å². The van der Waals surface area contributed by atoms with Crippen molar-refractivity contribution in [2.24, 2.45) is 0 Å². The van der Waals surface area contributed by atoms with Gasteiger partial charge in [0.05, 0.1) is 13.2 Å². The third-order valence-electron chi connectivity index (χ3n) is 2.40. The van der Waals surface area contributed by atoms with Gasteiger partial charge in [0.2, 0.25) is 0 Å². The van der Waals surface area contributed by atoms with Crippen molar-refractivity contribution in [3.8, 4) is 0 Å². The molecule has 12 heavy (non-hydrogen) atoms. The maximum Gasteiger partial charge on any atom is 0.0853 e. The van der Waals surface area contributed by atoms with E-state index in [2.05, 4.69) is 20.7 Å². The molecule has 53 valence electrons. The predicted octanol–water partition coefficient (Wildman–Crippen LogP) is -0.257. The lowest BCUT2D eigenvalue weighted by Gasteiger charge is -2.20. The van der Waals surface area contributed by atoms with Gasteiger partial charge in [-0.15, -0.1) is 6.22 Å². The minimum absolute atomic E-state index is 0.230. The van der Waals surface area contributed by atoms with Crippen molar-refractivity contribution < 1.29 is 0 Å². The van der Waals surface area contributed by atoms with E-state index >= 15 is 0 Å². The Hall–Kier alpha value is 0.455. The molecule has 0 spiro atoms. The average molecular weight is 148 g/mol. The smallest absolute Gasteiger partial charge is 0.0853 e. The van der Waals surface area contributed by atoms with Gasteiger partial charge < -0.3 is 0 Å². The first-order chi connectivity index (χ1) is 5.49. The molecular formula is C5H12B7. The quantitative estimate of drug-likeness (QED) is 0.471. The molecule has 0 aromatic rings. The lowest BCUT2D eigenvalue weighted by atomic mass is 8.88. The topological polar surface area (TPSA) is 0 Å². The Balaban J connectivity index is 3.85. The van der Waals surface area contributed by atoms with Crippen LogP contribution < -0.4 is 0 Å². The summed E-state index contributed by atoms with van der Waals surface area (Å²) in [6.45, 7) is 7.13. The van der Waals surface area contributed by atoms with E-state index < -0.39 is 0 Å². The molecule has 0 fully saturated rings. The van der Waals surface area contributed by atoms with Crippen LogP contribution in [0.4, 0.5) is 0 Å². The SMILES string of the molecule is [B][B]B(CB(C)B([B])[B])C(C)C. The zero-order chi connectivity index (χ0) is 9.72. The molecule has 0 rings (SSSR count). The Morgan fingerprint density at radius 3 is 2.08 bits per heavy atom. The predicted molar refractivity (Wildman–Crippen MR) is 66.0 cm³/mol. The van der Waals surface area contributed by atoms with Crippen molar-refractivity contribution in [2.45, 2.75) is 32.7 Å². The van der Waals surface area contributed by atoms with Gasteiger partial charge in [0, 0.05) is 36.7 Å². The third-order valence-corrected chi connectivity index (χ3v) is 2.40. The molecule has 0 aliphatic heterocycles. The maximum absolute atomic E-state index is 5.56. The molecular weight excluding hydrogens is 136 g/mol. The molecule has 0 saturated heterocycles. The minimum atomic E-state index is -0.230. The van der Waals surface area contributed by atoms with E-state index in [-0.39, 0.29) is 6.39 Å². The van der Waals surface area contributed by atoms with E-state index in [1.807, 2.05) is 0 Å². The summed E-state index contributed by atoms with van der Waals surface area (Å²) in [4.78, 5) is 0. The van der Waals surface area contributed by atoms with Crippen LogP contribution in [0, 0.1) is 0 Å². The third kappa shape index (κ3) is 4.47. The highest BCUT2D eigenvalue weighted by molar-refractivity contribution is 7.59. The molecule has 0 aliphatic carbocycles. The molecule has 7 radical (unpaired) electrons. The van der Waals surface area contributed by atoms with Gasteiger partial charge >= 0.3 is 0 Å². The van der Waals surface area contributed by atoms with E-state index in [9.17, 15) is 0 Å². The van der Waals surface area contributed by atoms with Crippen LogP contribution in [0.5, 0.6) is 0 Å². The van der Waals surface area contributed by atoms with E-state index in [4.69, 9.17) is 23.2 Å². The van der Waals surface area contributed by atoms with Crippen LogP contribution in [0.25, 0.3) is 0 Å². The van der Waals surface area contributed by atoms with Crippen LogP contribution in [-0.4, -0.2) is 49.9 Å². The normalized spacial score (nSPS) is 9.67. The van der Waals surface area contributed by atoms with Gasteiger partial charge in [0.25, 0.3) is 0 Å². The van der Waals surface area contributed by atoms with Gasteiger partial charge in [-0.25, -0.2) is 0 Å². The highest BCUT2D eigenvalue weighted by Crippen LogP contribution is 2.11. The molecule has 0 saturated carbocycles. The highest BCUT2D eigenvalue weighted by atomic mass is 13.7. The summed E-state index contributed by atoms with van der Waals surface area (Å²) in [5, 5.41) is 0. The molecule has 0 aromatic heterocycles. The summed E-state index contributed by atoms with van der Waals surface area (Å²) < 4.78 is 0. The number of rotatable bonds is 5. The van der Waals surface area contributed by atoms with Crippen molar-refractivity contribution in [1.82, 2.24) is 0 Å². The second kappa shape index (κ2) is 5.99. The standard InChI is InChI=1S/C5H12B7/c1-5(2)11(9-6)4-10(3)12(7)8/h5H,4H2,1-3H3. The van der Waals surface area contributed by atoms with Crippen molar-refractivity contribution >= 4 is 49.9 Å². The summed E-state index contributed by atoms with van der Waals surface area (Å²) >= 11 is 0. The second-order valence-corrected chi connectivity index (χ2v) is 3.89. The largest absolute Gasteiger partial charge is 0.109 e. The molecule has 0 aliphatic rings. The Labute approximate surface area is 83.0 Å². The van der Waals surface area contributed by atoms with Gasteiger partial charge in [-0.05, 0) is 0 Å². The van der Waals surface area contributed by atoms with Gasteiger partial charge in [0.15, 0.2) is 0 Å². The fourth-order valence-electron chi connectivity index (χ4n) is 1.16. The fraction of sp³-hybridized carbons (Fsp3) is 1.00. The van der Waals surface area contributed by atoms with Crippen LogP contribution in [-0.2, 0) is 0 Å². The first-order valence-electron chi connectivity index (χ1n) is 4.55. The molecule has 0 nitrogen and oxygen atoms in total. The van der Waals surface area contributed by atoms with E-state index in [1.165, 1.54) is 0 Å².